The first-order valence-corrected chi connectivity index (χ1v) is 8.67. The summed E-state index contributed by atoms with van der Waals surface area (Å²) in [6.45, 7) is -1.27. The highest BCUT2D eigenvalue weighted by atomic mass is 19.4. The lowest BCUT2D eigenvalue weighted by atomic mass is 10.1. The third-order valence-electron chi connectivity index (χ3n) is 3.98. The maximum atomic E-state index is 13.8. The van der Waals surface area contributed by atoms with Crippen LogP contribution in [0.4, 0.5) is 17.6 Å². The minimum Gasteiger partial charge on any atom is -0.451 e. The van der Waals surface area contributed by atoms with Crippen molar-refractivity contribution in [3.8, 4) is 11.3 Å². The Morgan fingerprint density at radius 1 is 0.966 bits per heavy atom. The van der Waals surface area contributed by atoms with Crippen molar-refractivity contribution in [3.63, 3.8) is 0 Å². The quantitative estimate of drug-likeness (QED) is 0.555. The Morgan fingerprint density at radius 2 is 1.66 bits per heavy atom. The van der Waals surface area contributed by atoms with Gasteiger partial charge in [0.1, 0.15) is 18.2 Å². The lowest BCUT2D eigenvalue weighted by Gasteiger charge is -2.08. The summed E-state index contributed by atoms with van der Waals surface area (Å²) < 4.78 is 60.0. The number of rotatable bonds is 7. The van der Waals surface area contributed by atoms with Gasteiger partial charge >= 0.3 is 6.18 Å². The first-order valence-electron chi connectivity index (χ1n) is 8.67. The van der Waals surface area contributed by atoms with Gasteiger partial charge in [-0.05, 0) is 35.4 Å². The molecule has 1 heterocycles. The Kier molecular flexibility index (Phi) is 6.33. The first-order chi connectivity index (χ1) is 13.8. The van der Waals surface area contributed by atoms with Crippen molar-refractivity contribution < 1.29 is 31.5 Å². The maximum absolute atomic E-state index is 13.8. The number of alkyl halides is 3. The highest BCUT2D eigenvalue weighted by molar-refractivity contribution is 5.92. The fraction of sp³-hybridized carbons (Fsp3) is 0.190. The van der Waals surface area contributed by atoms with Crippen molar-refractivity contribution >= 4 is 5.91 Å². The molecule has 1 N–H and O–H groups in total. The van der Waals surface area contributed by atoms with Gasteiger partial charge in [0, 0.05) is 6.54 Å². The maximum Gasteiger partial charge on any atom is 0.411 e. The van der Waals surface area contributed by atoms with Crippen LogP contribution in [0.5, 0.6) is 0 Å². The van der Waals surface area contributed by atoms with Crippen molar-refractivity contribution in [2.75, 3.05) is 6.61 Å². The van der Waals surface area contributed by atoms with Gasteiger partial charge in [-0.1, -0.05) is 36.4 Å². The van der Waals surface area contributed by atoms with Gasteiger partial charge in [-0.25, -0.2) is 4.39 Å². The van der Waals surface area contributed by atoms with E-state index in [0.29, 0.717) is 5.56 Å². The van der Waals surface area contributed by atoms with Crippen LogP contribution in [0.25, 0.3) is 11.3 Å². The number of nitrogens with one attached hydrogen (secondary N) is 1. The molecule has 0 unspecified atom stereocenters. The SMILES string of the molecule is O=C(NCc1ccc(COCC(F)(F)F)cc1)c1ccc(-c2ccccc2F)o1. The molecule has 29 heavy (non-hydrogen) atoms. The normalized spacial score (nSPS) is 11.4. The van der Waals surface area contributed by atoms with Crippen molar-refractivity contribution in [3.05, 3.63) is 83.4 Å². The average molecular weight is 407 g/mol. The molecule has 0 radical (unpaired) electrons. The van der Waals surface area contributed by atoms with Crippen LogP contribution < -0.4 is 5.32 Å². The standard InChI is InChI=1S/C21H17F4NO3/c22-17-4-2-1-3-16(17)18-9-10-19(29-18)20(27)26-11-14-5-7-15(8-6-14)12-28-13-21(23,24)25/h1-10H,11-13H2,(H,26,27). The lowest BCUT2D eigenvalue weighted by Crippen LogP contribution is -2.22. The minimum atomic E-state index is -4.36. The summed E-state index contributed by atoms with van der Waals surface area (Å²) in [4.78, 5) is 12.2. The molecule has 8 heteroatoms. The molecule has 1 aromatic heterocycles. The Balaban J connectivity index is 1.53. The molecule has 4 nitrogen and oxygen atoms in total. The number of halogens is 4. The molecule has 0 aliphatic carbocycles. The predicted octanol–water partition coefficient (Wildman–Crippen LogP) is 5.09. The molecule has 3 aromatic rings. The summed E-state index contributed by atoms with van der Waals surface area (Å²) in [7, 11) is 0. The third kappa shape index (κ3) is 5.92. The molecule has 3 rings (SSSR count). The molecular formula is C21H17F4NO3. The van der Waals surface area contributed by atoms with Gasteiger partial charge in [0.2, 0.25) is 0 Å². The molecule has 1 amide bonds. The van der Waals surface area contributed by atoms with E-state index in [1.807, 2.05) is 0 Å². The van der Waals surface area contributed by atoms with Gasteiger partial charge in [0.15, 0.2) is 5.76 Å². The van der Waals surface area contributed by atoms with E-state index in [-0.39, 0.29) is 30.2 Å². The monoisotopic (exact) mass is 407 g/mol. The summed E-state index contributed by atoms with van der Waals surface area (Å²) >= 11 is 0. The molecule has 0 fully saturated rings. The average Bonchev–Trinajstić information content (AvgIpc) is 3.16. The molecule has 0 aliphatic rings. The van der Waals surface area contributed by atoms with Crippen LogP contribution in [-0.4, -0.2) is 18.7 Å². The van der Waals surface area contributed by atoms with Gasteiger partial charge in [0.25, 0.3) is 5.91 Å². The lowest BCUT2D eigenvalue weighted by molar-refractivity contribution is -0.176. The highest BCUT2D eigenvalue weighted by Crippen LogP contribution is 2.24. The third-order valence-corrected chi connectivity index (χ3v) is 3.98. The molecule has 0 spiro atoms. The molecule has 2 aromatic carbocycles. The molecule has 0 aliphatic heterocycles. The van der Waals surface area contributed by atoms with Crippen LogP contribution in [0, 0.1) is 5.82 Å². The fourth-order valence-electron chi connectivity index (χ4n) is 2.57. The van der Waals surface area contributed by atoms with Crippen LogP contribution in [0.1, 0.15) is 21.7 Å². The number of furan rings is 1. The first kappa shape index (κ1) is 20.6. The number of hydrogen-bond acceptors (Lipinski definition) is 3. The largest absolute Gasteiger partial charge is 0.451 e. The van der Waals surface area contributed by atoms with Crippen molar-refractivity contribution in [1.29, 1.82) is 0 Å². The van der Waals surface area contributed by atoms with E-state index >= 15 is 0 Å². The van der Waals surface area contributed by atoms with Crippen LogP contribution in [0.3, 0.4) is 0 Å². The van der Waals surface area contributed by atoms with E-state index in [1.165, 1.54) is 18.2 Å². The van der Waals surface area contributed by atoms with Gasteiger partial charge < -0.3 is 14.5 Å². The summed E-state index contributed by atoms with van der Waals surface area (Å²) in [6.07, 6.45) is -4.36. The molecule has 152 valence electrons. The zero-order valence-electron chi connectivity index (χ0n) is 15.1. The molecule has 0 atom stereocenters. The second-order valence-electron chi connectivity index (χ2n) is 6.25. The van der Waals surface area contributed by atoms with Crippen LogP contribution in [0.2, 0.25) is 0 Å². The van der Waals surface area contributed by atoms with E-state index in [2.05, 4.69) is 10.1 Å². The van der Waals surface area contributed by atoms with Crippen LogP contribution in [-0.2, 0) is 17.9 Å². The molecule has 0 saturated heterocycles. The van der Waals surface area contributed by atoms with E-state index < -0.39 is 24.5 Å². The van der Waals surface area contributed by atoms with E-state index in [9.17, 15) is 22.4 Å². The van der Waals surface area contributed by atoms with Crippen LogP contribution in [0.15, 0.2) is 65.1 Å². The van der Waals surface area contributed by atoms with Gasteiger partial charge in [0.05, 0.1) is 12.2 Å². The van der Waals surface area contributed by atoms with Crippen molar-refractivity contribution in [2.24, 2.45) is 0 Å². The topological polar surface area (TPSA) is 51.5 Å². The number of amides is 1. The number of ether oxygens (including phenoxy) is 1. The van der Waals surface area contributed by atoms with Gasteiger partial charge in [-0.15, -0.1) is 0 Å². The van der Waals surface area contributed by atoms with Gasteiger partial charge in [-0.2, -0.15) is 13.2 Å². The van der Waals surface area contributed by atoms with Crippen molar-refractivity contribution in [2.45, 2.75) is 19.3 Å². The smallest absolute Gasteiger partial charge is 0.411 e. The predicted molar refractivity (Wildman–Crippen MR) is 97.4 cm³/mol. The van der Waals surface area contributed by atoms with Crippen molar-refractivity contribution in [1.82, 2.24) is 5.32 Å². The molecule has 0 saturated carbocycles. The zero-order valence-corrected chi connectivity index (χ0v) is 15.1. The minimum absolute atomic E-state index is 0.0421. The summed E-state index contributed by atoms with van der Waals surface area (Å²) in [5.74, 6) is -0.629. The second kappa shape index (κ2) is 8.91. The number of carbonyl (C=O) groups excluding carboxylic acids is 1. The van der Waals surface area contributed by atoms with E-state index in [1.54, 1.807) is 42.5 Å². The Bertz CT molecular complexity index is 965. The Hall–Kier alpha value is -3.13. The van der Waals surface area contributed by atoms with Gasteiger partial charge in [-0.3, -0.25) is 4.79 Å². The van der Waals surface area contributed by atoms with E-state index in [4.69, 9.17) is 4.42 Å². The number of hydrogen-bond donors (Lipinski definition) is 1. The second-order valence-corrected chi connectivity index (χ2v) is 6.25. The summed E-state index contributed by atoms with van der Waals surface area (Å²) in [5.41, 5.74) is 1.60. The van der Waals surface area contributed by atoms with E-state index in [0.717, 1.165) is 5.56 Å². The highest BCUT2D eigenvalue weighted by Gasteiger charge is 2.27. The Morgan fingerprint density at radius 3 is 2.34 bits per heavy atom. The van der Waals surface area contributed by atoms with Crippen LogP contribution >= 0.6 is 0 Å². The summed E-state index contributed by atoms with van der Waals surface area (Å²) in [5, 5.41) is 2.67. The Labute approximate surface area is 164 Å². The number of carbonyl (C=O) groups is 1. The number of benzene rings is 2. The fourth-order valence-corrected chi connectivity index (χ4v) is 2.57. The molecular weight excluding hydrogens is 390 g/mol. The summed E-state index contributed by atoms with van der Waals surface area (Å²) in [6, 6.07) is 15.7. The zero-order chi connectivity index (χ0) is 20.9. The molecule has 0 bridgehead atoms.